The van der Waals surface area contributed by atoms with E-state index < -0.39 is 6.10 Å². The lowest BCUT2D eigenvalue weighted by molar-refractivity contribution is -0.128. The first-order chi connectivity index (χ1) is 11.2. The number of carbonyl (C=O) groups excluding carboxylic acids is 1. The molecule has 1 aromatic carbocycles. The van der Waals surface area contributed by atoms with Gasteiger partial charge >= 0.3 is 0 Å². The quantitative estimate of drug-likeness (QED) is 0.890. The number of amides is 1. The molecule has 0 aromatic heterocycles. The van der Waals surface area contributed by atoms with E-state index in [1.807, 2.05) is 12.1 Å². The lowest BCUT2D eigenvalue weighted by Crippen LogP contribution is -2.45. The summed E-state index contributed by atoms with van der Waals surface area (Å²) in [5, 5.41) is 6.10. The molecule has 1 unspecified atom stereocenters. The third kappa shape index (κ3) is 4.77. The van der Waals surface area contributed by atoms with Crippen molar-refractivity contribution in [2.24, 2.45) is 5.92 Å². The minimum atomic E-state index is -0.390. The number of nitrogens with zero attached hydrogens (tertiary/aromatic N) is 1. The number of hydrogen-bond acceptors (Lipinski definition) is 4. The predicted octanol–water partition coefficient (Wildman–Crippen LogP) is 1.85. The number of nitrogens with one attached hydrogen (secondary N) is 2. The molecule has 126 valence electrons. The zero-order valence-corrected chi connectivity index (χ0v) is 13.9. The van der Waals surface area contributed by atoms with Crippen LogP contribution in [0.5, 0.6) is 0 Å². The third-order valence-corrected chi connectivity index (χ3v) is 4.72. The van der Waals surface area contributed by atoms with Gasteiger partial charge in [0.15, 0.2) is 0 Å². The molecular weight excluding hydrogens is 290 g/mol. The van der Waals surface area contributed by atoms with E-state index >= 15 is 0 Å². The largest absolute Gasteiger partial charge is 0.366 e. The standard InChI is InChI=1S/C18H27N3O2/c1-14-6-9-21(10-7-14)13-15-2-4-16(5-3-15)20-18(22)17-12-19-8-11-23-17/h2-5,14,17,19H,6-13H2,1H3,(H,20,22). The van der Waals surface area contributed by atoms with Crippen LogP contribution in [0, 0.1) is 5.92 Å². The van der Waals surface area contributed by atoms with Gasteiger partial charge in [0.2, 0.25) is 0 Å². The number of piperidine rings is 1. The normalized spacial score (nSPS) is 23.6. The summed E-state index contributed by atoms with van der Waals surface area (Å²) in [5.74, 6) is 0.787. The monoisotopic (exact) mass is 317 g/mol. The van der Waals surface area contributed by atoms with Crippen LogP contribution in [-0.2, 0) is 16.1 Å². The summed E-state index contributed by atoms with van der Waals surface area (Å²) in [6, 6.07) is 8.17. The minimum absolute atomic E-state index is 0.0741. The Labute approximate surface area is 138 Å². The molecule has 2 saturated heterocycles. The van der Waals surface area contributed by atoms with Gasteiger partial charge in [0.25, 0.3) is 5.91 Å². The van der Waals surface area contributed by atoms with Crippen LogP contribution in [0.25, 0.3) is 0 Å². The summed E-state index contributed by atoms with van der Waals surface area (Å²) < 4.78 is 5.46. The zero-order valence-electron chi connectivity index (χ0n) is 13.9. The number of anilines is 1. The lowest BCUT2D eigenvalue weighted by atomic mass is 9.99. The second-order valence-electron chi connectivity index (χ2n) is 6.71. The average molecular weight is 317 g/mol. The number of ether oxygens (including phenoxy) is 1. The number of hydrogen-bond donors (Lipinski definition) is 2. The molecule has 1 atom stereocenters. The first kappa shape index (κ1) is 16.4. The molecule has 1 aromatic rings. The van der Waals surface area contributed by atoms with Gasteiger partial charge in [-0.3, -0.25) is 9.69 Å². The molecule has 5 nitrogen and oxygen atoms in total. The second-order valence-corrected chi connectivity index (χ2v) is 6.71. The van der Waals surface area contributed by atoms with Gasteiger partial charge < -0.3 is 15.4 Å². The van der Waals surface area contributed by atoms with E-state index in [0.29, 0.717) is 13.2 Å². The molecule has 0 aliphatic carbocycles. The van der Waals surface area contributed by atoms with Gasteiger partial charge in [-0.25, -0.2) is 0 Å². The molecule has 0 bridgehead atoms. The van der Waals surface area contributed by atoms with Crippen molar-refractivity contribution in [3.8, 4) is 0 Å². The molecule has 1 amide bonds. The van der Waals surface area contributed by atoms with Crippen molar-refractivity contribution in [3.63, 3.8) is 0 Å². The first-order valence-electron chi connectivity index (χ1n) is 8.65. The highest BCUT2D eigenvalue weighted by Gasteiger charge is 2.21. The molecule has 2 fully saturated rings. The smallest absolute Gasteiger partial charge is 0.254 e. The van der Waals surface area contributed by atoms with Crippen LogP contribution in [0.3, 0.4) is 0 Å². The highest BCUT2D eigenvalue weighted by atomic mass is 16.5. The number of carbonyl (C=O) groups is 1. The van der Waals surface area contributed by atoms with E-state index in [1.165, 1.54) is 31.5 Å². The third-order valence-electron chi connectivity index (χ3n) is 4.72. The van der Waals surface area contributed by atoms with Gasteiger partial charge in [-0.2, -0.15) is 0 Å². The molecule has 2 aliphatic rings. The van der Waals surface area contributed by atoms with Crippen LogP contribution in [-0.4, -0.2) is 49.7 Å². The van der Waals surface area contributed by atoms with Crippen molar-refractivity contribution in [2.75, 3.05) is 38.1 Å². The number of benzene rings is 1. The number of morpholine rings is 1. The maximum absolute atomic E-state index is 12.1. The fraction of sp³-hybridized carbons (Fsp3) is 0.611. The molecular formula is C18H27N3O2. The Kier molecular flexibility index (Phi) is 5.65. The molecule has 2 heterocycles. The molecule has 0 saturated carbocycles. The van der Waals surface area contributed by atoms with Gasteiger partial charge in [0, 0.05) is 25.3 Å². The van der Waals surface area contributed by atoms with Crippen molar-refractivity contribution >= 4 is 11.6 Å². The number of rotatable bonds is 4. The fourth-order valence-corrected chi connectivity index (χ4v) is 3.13. The van der Waals surface area contributed by atoms with Gasteiger partial charge in [-0.1, -0.05) is 19.1 Å². The summed E-state index contributed by atoms with van der Waals surface area (Å²) in [6.45, 7) is 7.69. The van der Waals surface area contributed by atoms with Crippen LogP contribution in [0.2, 0.25) is 0 Å². The van der Waals surface area contributed by atoms with Crippen LogP contribution < -0.4 is 10.6 Å². The Morgan fingerprint density at radius 1 is 1.30 bits per heavy atom. The van der Waals surface area contributed by atoms with E-state index in [-0.39, 0.29) is 5.91 Å². The van der Waals surface area contributed by atoms with Crippen LogP contribution in [0.1, 0.15) is 25.3 Å². The van der Waals surface area contributed by atoms with Crippen molar-refractivity contribution < 1.29 is 9.53 Å². The maximum atomic E-state index is 12.1. The summed E-state index contributed by atoms with van der Waals surface area (Å²) in [4.78, 5) is 14.6. The molecule has 0 spiro atoms. The van der Waals surface area contributed by atoms with E-state index in [9.17, 15) is 4.79 Å². The SMILES string of the molecule is CC1CCN(Cc2ccc(NC(=O)C3CNCCO3)cc2)CC1. The van der Waals surface area contributed by atoms with E-state index in [0.717, 1.165) is 24.7 Å². The van der Waals surface area contributed by atoms with Crippen LogP contribution in [0.15, 0.2) is 24.3 Å². The topological polar surface area (TPSA) is 53.6 Å². The lowest BCUT2D eigenvalue weighted by Gasteiger charge is -2.30. The van der Waals surface area contributed by atoms with Crippen molar-refractivity contribution in [1.82, 2.24) is 10.2 Å². The average Bonchev–Trinajstić information content (AvgIpc) is 2.59. The van der Waals surface area contributed by atoms with Gasteiger partial charge in [-0.15, -0.1) is 0 Å². The second kappa shape index (κ2) is 7.90. The Morgan fingerprint density at radius 2 is 2.04 bits per heavy atom. The fourth-order valence-electron chi connectivity index (χ4n) is 3.13. The zero-order chi connectivity index (χ0) is 16.1. The Hall–Kier alpha value is -1.43. The van der Waals surface area contributed by atoms with E-state index in [4.69, 9.17) is 4.74 Å². The summed E-state index contributed by atoms with van der Waals surface area (Å²) in [5.41, 5.74) is 2.13. The minimum Gasteiger partial charge on any atom is -0.366 e. The highest BCUT2D eigenvalue weighted by Crippen LogP contribution is 2.19. The Bertz CT molecular complexity index is 504. The predicted molar refractivity (Wildman–Crippen MR) is 91.4 cm³/mol. The van der Waals surface area contributed by atoms with Crippen molar-refractivity contribution in [2.45, 2.75) is 32.4 Å². The molecule has 5 heteroatoms. The van der Waals surface area contributed by atoms with Crippen molar-refractivity contribution in [1.29, 1.82) is 0 Å². The molecule has 2 N–H and O–H groups in total. The molecule has 2 aliphatic heterocycles. The summed E-state index contributed by atoms with van der Waals surface area (Å²) in [6.07, 6.45) is 2.20. The molecule has 23 heavy (non-hydrogen) atoms. The summed E-state index contributed by atoms with van der Waals surface area (Å²) >= 11 is 0. The Morgan fingerprint density at radius 3 is 2.70 bits per heavy atom. The highest BCUT2D eigenvalue weighted by molar-refractivity contribution is 5.94. The maximum Gasteiger partial charge on any atom is 0.254 e. The Balaban J connectivity index is 1.49. The van der Waals surface area contributed by atoms with Gasteiger partial charge in [0.1, 0.15) is 6.10 Å². The van der Waals surface area contributed by atoms with Crippen molar-refractivity contribution in [3.05, 3.63) is 29.8 Å². The first-order valence-corrected chi connectivity index (χ1v) is 8.65. The van der Waals surface area contributed by atoms with E-state index in [1.54, 1.807) is 0 Å². The van der Waals surface area contributed by atoms with Crippen LogP contribution in [0.4, 0.5) is 5.69 Å². The molecule has 0 radical (unpaired) electrons. The van der Waals surface area contributed by atoms with E-state index in [2.05, 4.69) is 34.6 Å². The van der Waals surface area contributed by atoms with Crippen LogP contribution >= 0.6 is 0 Å². The number of likely N-dealkylation sites (tertiary alicyclic amines) is 1. The van der Waals surface area contributed by atoms with Gasteiger partial charge in [0.05, 0.1) is 6.61 Å². The molecule has 3 rings (SSSR count). The summed E-state index contributed by atoms with van der Waals surface area (Å²) in [7, 11) is 0. The van der Waals surface area contributed by atoms with Gasteiger partial charge in [-0.05, 0) is 49.5 Å².